The molecular weight excluding hydrogens is 384 g/mol. The molecule has 0 N–H and O–H groups in total. The molecule has 6 aliphatic rings. The third-order valence-corrected chi connectivity index (χ3v) is 8.36. The molecule has 6 heteroatoms. The molecule has 0 unspecified atom stereocenters. The fraction of sp³-hybridized carbons (Fsp3) is 1.00. The third-order valence-electron chi connectivity index (χ3n) is 8.36. The van der Waals surface area contributed by atoms with Crippen molar-refractivity contribution >= 4 is 0 Å². The minimum Gasteiger partial charge on any atom is -0.347 e. The first-order valence-electron chi connectivity index (χ1n) is 12.7. The first-order valence-corrected chi connectivity index (χ1v) is 12.7. The molecule has 3 saturated carbocycles. The van der Waals surface area contributed by atoms with Crippen LogP contribution in [0, 0.1) is 0 Å². The van der Waals surface area contributed by atoms with Crippen molar-refractivity contribution in [3.05, 3.63) is 0 Å². The van der Waals surface area contributed by atoms with Crippen molar-refractivity contribution in [1.82, 2.24) is 0 Å². The van der Waals surface area contributed by atoms with Gasteiger partial charge in [-0.1, -0.05) is 19.3 Å². The van der Waals surface area contributed by atoms with Gasteiger partial charge in [0.25, 0.3) is 0 Å². The average Bonchev–Trinajstić information content (AvgIpc) is 3.47. The van der Waals surface area contributed by atoms with Gasteiger partial charge in [-0.2, -0.15) is 0 Å². The van der Waals surface area contributed by atoms with Crippen LogP contribution >= 0.6 is 0 Å². The van der Waals surface area contributed by atoms with Gasteiger partial charge in [-0.05, 0) is 38.5 Å². The van der Waals surface area contributed by atoms with Crippen molar-refractivity contribution in [2.75, 3.05) is 13.2 Å². The highest BCUT2D eigenvalue weighted by atomic mass is 16.8. The van der Waals surface area contributed by atoms with Crippen LogP contribution in [0.2, 0.25) is 0 Å². The molecule has 3 aliphatic heterocycles. The lowest BCUT2D eigenvalue weighted by molar-refractivity contribution is -0.221. The normalized spacial score (nSPS) is 42.4. The summed E-state index contributed by atoms with van der Waals surface area (Å²) in [6.07, 6.45) is 16.4. The zero-order chi connectivity index (χ0) is 20.1. The quantitative estimate of drug-likeness (QED) is 0.649. The van der Waals surface area contributed by atoms with Crippen LogP contribution in [0.1, 0.15) is 96.3 Å². The maximum atomic E-state index is 6.75. The summed E-state index contributed by atoms with van der Waals surface area (Å²) >= 11 is 0. The molecule has 6 rings (SSSR count). The molecule has 170 valence electrons. The summed E-state index contributed by atoms with van der Waals surface area (Å²) in [4.78, 5) is 0. The van der Waals surface area contributed by atoms with Gasteiger partial charge < -0.3 is 28.4 Å². The standard InChI is InChI=1S/C24H38O6/c1-4-10-22(11-5-1)25-16-18(27-22)20-21(30-24(29-20)14-8-3-9-15-24)19-17-26-23(28-19)12-6-2-7-13-23/h18-21H,1-17H2/t18-,19-,20-,21-/m0/s1. The molecule has 6 nitrogen and oxygen atoms in total. The van der Waals surface area contributed by atoms with Crippen LogP contribution in [0.25, 0.3) is 0 Å². The van der Waals surface area contributed by atoms with Gasteiger partial charge in [0.2, 0.25) is 0 Å². The Morgan fingerprint density at radius 2 is 0.767 bits per heavy atom. The van der Waals surface area contributed by atoms with E-state index in [9.17, 15) is 0 Å². The molecule has 0 aromatic heterocycles. The Labute approximate surface area is 180 Å². The molecule has 0 radical (unpaired) electrons. The zero-order valence-corrected chi connectivity index (χ0v) is 18.3. The second kappa shape index (κ2) is 7.96. The van der Waals surface area contributed by atoms with Crippen molar-refractivity contribution in [2.24, 2.45) is 0 Å². The Bertz CT molecular complexity index is 559. The second-order valence-electron chi connectivity index (χ2n) is 10.5. The lowest BCUT2D eigenvalue weighted by Gasteiger charge is -2.34. The molecule has 0 aromatic carbocycles. The predicted octanol–water partition coefficient (Wildman–Crippen LogP) is 4.58. The van der Waals surface area contributed by atoms with Gasteiger partial charge in [0.05, 0.1) is 13.2 Å². The summed E-state index contributed by atoms with van der Waals surface area (Å²) in [6, 6.07) is 0. The third kappa shape index (κ3) is 3.65. The minimum absolute atomic E-state index is 0.0825. The van der Waals surface area contributed by atoms with Gasteiger partial charge in [0, 0.05) is 38.5 Å². The van der Waals surface area contributed by atoms with Gasteiger partial charge in [-0.3, -0.25) is 0 Å². The largest absolute Gasteiger partial charge is 0.347 e. The van der Waals surface area contributed by atoms with E-state index in [1.807, 2.05) is 0 Å². The van der Waals surface area contributed by atoms with Crippen LogP contribution in [-0.4, -0.2) is 55.0 Å². The lowest BCUT2D eigenvalue weighted by atomic mass is 9.94. The summed E-state index contributed by atoms with van der Waals surface area (Å²) in [5.74, 6) is -1.25. The molecule has 0 aromatic rings. The fourth-order valence-electron chi connectivity index (χ4n) is 6.74. The highest BCUT2D eigenvalue weighted by Gasteiger charge is 2.59. The lowest BCUT2D eigenvalue weighted by Crippen LogP contribution is -2.46. The van der Waals surface area contributed by atoms with Gasteiger partial charge in [-0.25, -0.2) is 0 Å². The molecule has 3 spiro atoms. The smallest absolute Gasteiger partial charge is 0.169 e. The number of hydrogen-bond acceptors (Lipinski definition) is 6. The van der Waals surface area contributed by atoms with Crippen molar-refractivity contribution in [3.63, 3.8) is 0 Å². The van der Waals surface area contributed by atoms with Gasteiger partial charge in [0.15, 0.2) is 17.4 Å². The Morgan fingerprint density at radius 3 is 1.17 bits per heavy atom. The summed E-state index contributed by atoms with van der Waals surface area (Å²) in [5.41, 5.74) is 0. The number of hydrogen-bond donors (Lipinski definition) is 0. The van der Waals surface area contributed by atoms with E-state index in [1.165, 1.54) is 44.9 Å². The molecule has 3 heterocycles. The fourth-order valence-corrected chi connectivity index (χ4v) is 6.74. The molecule has 30 heavy (non-hydrogen) atoms. The highest BCUT2D eigenvalue weighted by Crippen LogP contribution is 2.48. The van der Waals surface area contributed by atoms with Crippen LogP contribution < -0.4 is 0 Å². The van der Waals surface area contributed by atoms with Crippen LogP contribution in [0.5, 0.6) is 0 Å². The second-order valence-corrected chi connectivity index (χ2v) is 10.5. The Balaban J connectivity index is 1.21. The topological polar surface area (TPSA) is 55.4 Å². The van der Waals surface area contributed by atoms with Crippen LogP contribution in [0.3, 0.4) is 0 Å². The van der Waals surface area contributed by atoms with Crippen molar-refractivity contribution in [2.45, 2.75) is 138 Å². The molecule has 3 saturated heterocycles. The average molecular weight is 423 g/mol. The Kier molecular flexibility index (Phi) is 5.41. The first kappa shape index (κ1) is 20.4. The molecule has 4 atom stereocenters. The maximum Gasteiger partial charge on any atom is 0.169 e. The van der Waals surface area contributed by atoms with Crippen LogP contribution in [-0.2, 0) is 28.4 Å². The summed E-state index contributed by atoms with van der Waals surface area (Å²) < 4.78 is 39.3. The van der Waals surface area contributed by atoms with E-state index in [2.05, 4.69) is 0 Å². The monoisotopic (exact) mass is 422 g/mol. The van der Waals surface area contributed by atoms with E-state index in [0.717, 1.165) is 51.4 Å². The van der Waals surface area contributed by atoms with Gasteiger partial charge in [0.1, 0.15) is 24.4 Å². The van der Waals surface area contributed by atoms with Crippen LogP contribution in [0.15, 0.2) is 0 Å². The Hall–Kier alpha value is -0.240. The van der Waals surface area contributed by atoms with Crippen LogP contribution in [0.4, 0.5) is 0 Å². The zero-order valence-electron chi connectivity index (χ0n) is 18.3. The number of rotatable bonds is 2. The molecular formula is C24H38O6. The SMILES string of the molecule is C1CCC2(CC1)O[C@@H]([C@@H]1COC3(CCCCC3)O1)[C@H]([C@@H]1COC3(CCCCC3)O1)O2. The summed E-state index contributed by atoms with van der Waals surface area (Å²) in [7, 11) is 0. The Morgan fingerprint density at radius 1 is 0.400 bits per heavy atom. The van der Waals surface area contributed by atoms with Gasteiger partial charge >= 0.3 is 0 Å². The van der Waals surface area contributed by atoms with E-state index in [4.69, 9.17) is 28.4 Å². The van der Waals surface area contributed by atoms with E-state index < -0.39 is 17.4 Å². The van der Waals surface area contributed by atoms with E-state index in [1.54, 1.807) is 0 Å². The molecule has 3 aliphatic carbocycles. The van der Waals surface area contributed by atoms with E-state index in [0.29, 0.717) is 13.2 Å². The van der Waals surface area contributed by atoms with Crippen molar-refractivity contribution < 1.29 is 28.4 Å². The van der Waals surface area contributed by atoms with Crippen molar-refractivity contribution in [1.29, 1.82) is 0 Å². The maximum absolute atomic E-state index is 6.75. The van der Waals surface area contributed by atoms with Gasteiger partial charge in [-0.15, -0.1) is 0 Å². The first-order chi connectivity index (χ1) is 14.7. The van der Waals surface area contributed by atoms with E-state index >= 15 is 0 Å². The molecule has 6 fully saturated rings. The van der Waals surface area contributed by atoms with E-state index in [-0.39, 0.29) is 24.4 Å². The minimum atomic E-state index is -0.467. The molecule has 0 amide bonds. The van der Waals surface area contributed by atoms with Crippen molar-refractivity contribution in [3.8, 4) is 0 Å². The summed E-state index contributed by atoms with van der Waals surface area (Å²) in [5, 5.41) is 0. The molecule has 0 bridgehead atoms. The highest BCUT2D eigenvalue weighted by molar-refractivity contribution is 5.00. The number of ether oxygens (including phenoxy) is 6. The predicted molar refractivity (Wildman–Crippen MR) is 109 cm³/mol. The summed E-state index contributed by atoms with van der Waals surface area (Å²) in [6.45, 7) is 1.19.